The molecule has 0 saturated carbocycles. The number of methoxy groups -OCH3 is 1. The molecule has 0 saturated heterocycles. The van der Waals surface area contributed by atoms with Crippen molar-refractivity contribution in [1.82, 2.24) is 10.6 Å². The number of aliphatic carboxylic acids is 1. The summed E-state index contributed by atoms with van der Waals surface area (Å²) < 4.78 is 10.3. The van der Waals surface area contributed by atoms with Gasteiger partial charge in [-0.1, -0.05) is 30.3 Å². The summed E-state index contributed by atoms with van der Waals surface area (Å²) in [6, 6.07) is 12.8. The monoisotopic (exact) mass is 452 g/mol. The second kappa shape index (κ2) is 10.4. The molecule has 1 heterocycles. The second-order valence-electron chi connectivity index (χ2n) is 7.50. The average Bonchev–Trinajstić information content (AvgIpc) is 2.77. The number of ether oxygens (including phenoxy) is 1. The minimum atomic E-state index is -1.34. The molecule has 2 aromatic carbocycles. The van der Waals surface area contributed by atoms with Crippen LogP contribution in [0.3, 0.4) is 0 Å². The van der Waals surface area contributed by atoms with Crippen LogP contribution in [0, 0.1) is 0 Å². The van der Waals surface area contributed by atoms with Crippen LogP contribution < -0.4 is 21.0 Å². The van der Waals surface area contributed by atoms with Crippen LogP contribution in [0.5, 0.6) is 5.75 Å². The fraction of sp³-hybridized carbons (Fsp3) is 0.250. The van der Waals surface area contributed by atoms with Crippen LogP contribution in [0.15, 0.2) is 63.8 Å². The highest BCUT2D eigenvalue weighted by molar-refractivity contribution is 5.90. The van der Waals surface area contributed by atoms with Gasteiger partial charge in [-0.25, -0.2) is 9.59 Å². The Morgan fingerprint density at radius 1 is 1.00 bits per heavy atom. The standard InChI is InChI=1S/C24H24N2O7/c1-14(27)25-19(10-15-6-4-3-5-7-15)23(29)26-20(24(30)31)11-16-12-22(28)33-21-13-17(32-2)8-9-18(16)21/h3-9,12-13,19-20H,10-11H2,1-2H3,(H,25,27)(H,26,29)(H,30,31)/t19-,20-/m0/s1. The minimum Gasteiger partial charge on any atom is -0.497 e. The maximum Gasteiger partial charge on any atom is 0.336 e. The number of nitrogens with one attached hydrogen (secondary N) is 2. The van der Waals surface area contributed by atoms with Gasteiger partial charge in [-0.3, -0.25) is 9.59 Å². The van der Waals surface area contributed by atoms with Crippen molar-refractivity contribution in [2.45, 2.75) is 31.8 Å². The summed E-state index contributed by atoms with van der Waals surface area (Å²) in [7, 11) is 1.47. The molecule has 3 aromatic rings. The van der Waals surface area contributed by atoms with Crippen molar-refractivity contribution in [3.05, 3.63) is 76.1 Å². The lowest BCUT2D eigenvalue weighted by Gasteiger charge is -2.21. The molecule has 1 aromatic heterocycles. The number of carboxylic acids is 1. The Kier molecular flexibility index (Phi) is 7.45. The van der Waals surface area contributed by atoms with E-state index >= 15 is 0 Å². The molecule has 172 valence electrons. The van der Waals surface area contributed by atoms with E-state index in [1.807, 2.05) is 6.07 Å². The molecule has 3 N–H and O–H groups in total. The van der Waals surface area contributed by atoms with E-state index in [9.17, 15) is 24.3 Å². The predicted molar refractivity (Wildman–Crippen MR) is 120 cm³/mol. The molecule has 9 nitrogen and oxygen atoms in total. The highest BCUT2D eigenvalue weighted by atomic mass is 16.5. The SMILES string of the molecule is COc1ccc2c(C[C@H](NC(=O)[C@H](Cc3ccccc3)NC(C)=O)C(=O)O)cc(=O)oc2c1. The highest BCUT2D eigenvalue weighted by Crippen LogP contribution is 2.23. The van der Waals surface area contributed by atoms with Crippen molar-refractivity contribution in [1.29, 1.82) is 0 Å². The van der Waals surface area contributed by atoms with Crippen LogP contribution in [-0.4, -0.2) is 42.1 Å². The van der Waals surface area contributed by atoms with E-state index in [1.54, 1.807) is 36.4 Å². The Hall–Kier alpha value is -4.14. The molecular weight excluding hydrogens is 428 g/mol. The second-order valence-corrected chi connectivity index (χ2v) is 7.50. The van der Waals surface area contributed by atoms with E-state index in [0.29, 0.717) is 16.7 Å². The number of hydrogen-bond donors (Lipinski definition) is 3. The summed E-state index contributed by atoms with van der Waals surface area (Å²) in [5.74, 6) is -1.86. The molecular formula is C24H24N2O7. The number of rotatable bonds is 9. The summed E-state index contributed by atoms with van der Waals surface area (Å²) in [6.45, 7) is 1.28. The van der Waals surface area contributed by atoms with Gasteiger partial charge in [-0.15, -0.1) is 0 Å². The molecule has 0 unspecified atom stereocenters. The first kappa shape index (κ1) is 23.5. The van der Waals surface area contributed by atoms with E-state index in [2.05, 4.69) is 10.6 Å². The van der Waals surface area contributed by atoms with E-state index in [-0.39, 0.29) is 18.4 Å². The summed E-state index contributed by atoms with van der Waals surface area (Å²) in [5, 5.41) is 15.3. The first-order chi connectivity index (χ1) is 15.8. The summed E-state index contributed by atoms with van der Waals surface area (Å²) in [6.07, 6.45) is 0.0316. The zero-order valence-electron chi connectivity index (χ0n) is 18.2. The number of benzene rings is 2. The van der Waals surface area contributed by atoms with Crippen LogP contribution in [-0.2, 0) is 27.2 Å². The van der Waals surface area contributed by atoms with E-state index in [0.717, 1.165) is 5.56 Å². The molecule has 2 amide bonds. The van der Waals surface area contributed by atoms with Gasteiger partial charge in [0.15, 0.2) is 0 Å². The van der Waals surface area contributed by atoms with Crippen molar-refractivity contribution < 1.29 is 28.6 Å². The highest BCUT2D eigenvalue weighted by Gasteiger charge is 2.27. The maximum atomic E-state index is 12.9. The molecule has 0 aliphatic rings. The number of amides is 2. The molecule has 3 rings (SSSR count). The lowest BCUT2D eigenvalue weighted by molar-refractivity contribution is -0.142. The number of carboxylic acid groups (broad SMARTS) is 1. The minimum absolute atomic E-state index is 0.159. The van der Waals surface area contributed by atoms with Gasteiger partial charge in [-0.05, 0) is 23.3 Å². The number of carbonyl (C=O) groups excluding carboxylic acids is 2. The van der Waals surface area contributed by atoms with Crippen molar-refractivity contribution >= 4 is 28.8 Å². The third-order valence-corrected chi connectivity index (χ3v) is 5.05. The lowest BCUT2D eigenvalue weighted by atomic mass is 10.0. The van der Waals surface area contributed by atoms with Gasteiger partial charge >= 0.3 is 11.6 Å². The molecule has 0 fully saturated rings. The normalized spacial score (nSPS) is 12.5. The lowest BCUT2D eigenvalue weighted by Crippen LogP contribution is -2.52. The maximum absolute atomic E-state index is 12.9. The number of carbonyl (C=O) groups is 3. The summed E-state index contributed by atoms with van der Waals surface area (Å²) >= 11 is 0. The third-order valence-electron chi connectivity index (χ3n) is 5.05. The Labute approximate surface area is 189 Å². The zero-order valence-corrected chi connectivity index (χ0v) is 18.2. The van der Waals surface area contributed by atoms with Gasteiger partial charge in [0.1, 0.15) is 23.4 Å². The number of fused-ring (bicyclic) bond motifs is 1. The fourth-order valence-electron chi connectivity index (χ4n) is 3.50. The first-order valence-corrected chi connectivity index (χ1v) is 10.2. The molecule has 0 aliphatic carbocycles. The topological polar surface area (TPSA) is 135 Å². The molecule has 9 heteroatoms. The molecule has 0 aliphatic heterocycles. The summed E-state index contributed by atoms with van der Waals surface area (Å²) in [5.41, 5.74) is 0.795. The fourth-order valence-corrected chi connectivity index (χ4v) is 3.50. The van der Waals surface area contributed by atoms with Crippen LogP contribution >= 0.6 is 0 Å². The van der Waals surface area contributed by atoms with Gasteiger partial charge in [0.05, 0.1) is 7.11 Å². The van der Waals surface area contributed by atoms with Gasteiger partial charge in [0, 0.05) is 37.3 Å². The van der Waals surface area contributed by atoms with E-state index in [1.165, 1.54) is 26.2 Å². The quantitative estimate of drug-likeness (QED) is 0.420. The van der Waals surface area contributed by atoms with E-state index in [4.69, 9.17) is 9.15 Å². The van der Waals surface area contributed by atoms with Crippen LogP contribution in [0.2, 0.25) is 0 Å². The van der Waals surface area contributed by atoms with Gasteiger partial charge in [0.2, 0.25) is 11.8 Å². The first-order valence-electron chi connectivity index (χ1n) is 10.2. The Balaban J connectivity index is 1.85. The molecule has 2 atom stereocenters. The van der Waals surface area contributed by atoms with Gasteiger partial charge in [0.25, 0.3) is 0 Å². The predicted octanol–water partition coefficient (Wildman–Crippen LogP) is 1.66. The number of hydrogen-bond acceptors (Lipinski definition) is 6. The van der Waals surface area contributed by atoms with Crippen molar-refractivity contribution in [2.75, 3.05) is 7.11 Å². The molecule has 0 spiro atoms. The van der Waals surface area contributed by atoms with Crippen molar-refractivity contribution in [3.63, 3.8) is 0 Å². The van der Waals surface area contributed by atoms with Crippen molar-refractivity contribution in [3.8, 4) is 5.75 Å². The third kappa shape index (κ3) is 6.19. The molecule has 33 heavy (non-hydrogen) atoms. The average molecular weight is 452 g/mol. The Bertz CT molecular complexity index is 1220. The summed E-state index contributed by atoms with van der Waals surface area (Å²) in [4.78, 5) is 48.5. The van der Waals surface area contributed by atoms with Crippen LogP contribution in [0.1, 0.15) is 18.1 Å². The Morgan fingerprint density at radius 3 is 2.36 bits per heavy atom. The largest absolute Gasteiger partial charge is 0.497 e. The van der Waals surface area contributed by atoms with E-state index < -0.39 is 35.5 Å². The van der Waals surface area contributed by atoms with Crippen LogP contribution in [0.25, 0.3) is 11.0 Å². The smallest absolute Gasteiger partial charge is 0.336 e. The Morgan fingerprint density at radius 2 is 1.73 bits per heavy atom. The van der Waals surface area contributed by atoms with Gasteiger partial charge < -0.3 is 24.9 Å². The zero-order chi connectivity index (χ0) is 24.0. The molecule has 0 radical (unpaired) electrons. The molecule has 0 bridgehead atoms. The van der Waals surface area contributed by atoms with Crippen molar-refractivity contribution in [2.24, 2.45) is 0 Å². The van der Waals surface area contributed by atoms with Crippen LogP contribution in [0.4, 0.5) is 0 Å². The van der Waals surface area contributed by atoms with Gasteiger partial charge in [-0.2, -0.15) is 0 Å².